The van der Waals surface area contributed by atoms with Gasteiger partial charge in [-0.1, -0.05) is 78.9 Å². The molecule has 0 aliphatic carbocycles. The first-order valence-corrected chi connectivity index (χ1v) is 9.20. The molecule has 1 heterocycles. The van der Waals surface area contributed by atoms with Crippen LogP contribution in [0.3, 0.4) is 0 Å². The Morgan fingerprint density at radius 2 is 1.55 bits per heavy atom. The van der Waals surface area contributed by atoms with Gasteiger partial charge in [0.1, 0.15) is 0 Å². The van der Waals surface area contributed by atoms with Gasteiger partial charge in [0, 0.05) is 11.1 Å². The molecule has 1 aliphatic heterocycles. The molecule has 0 spiro atoms. The summed E-state index contributed by atoms with van der Waals surface area (Å²) in [6, 6.07) is 25.9. The summed E-state index contributed by atoms with van der Waals surface area (Å²) >= 11 is 0. The van der Waals surface area contributed by atoms with Gasteiger partial charge in [0.05, 0.1) is 17.9 Å². The van der Waals surface area contributed by atoms with E-state index in [1.165, 1.54) is 0 Å². The van der Waals surface area contributed by atoms with Gasteiger partial charge in [0.15, 0.2) is 0 Å². The number of rotatable bonds is 4. The summed E-state index contributed by atoms with van der Waals surface area (Å²) in [5.41, 5.74) is 3.52. The van der Waals surface area contributed by atoms with Gasteiger partial charge in [-0.3, -0.25) is 9.69 Å². The molecule has 6 nitrogen and oxygen atoms in total. The van der Waals surface area contributed by atoms with Crippen molar-refractivity contribution in [3.63, 3.8) is 0 Å². The number of carbonyl (C=O) groups is 2. The lowest BCUT2D eigenvalue weighted by molar-refractivity contribution is -0.120. The second-order valence-electron chi connectivity index (χ2n) is 6.65. The van der Waals surface area contributed by atoms with Gasteiger partial charge in [-0.05, 0) is 11.6 Å². The molecule has 0 saturated heterocycles. The van der Waals surface area contributed by atoms with Crippen molar-refractivity contribution >= 4 is 23.4 Å². The zero-order chi connectivity index (χ0) is 20.2. The van der Waals surface area contributed by atoms with Gasteiger partial charge >= 0.3 is 6.09 Å². The topological polar surface area (TPSA) is 82.0 Å². The van der Waals surface area contributed by atoms with Crippen molar-refractivity contribution in [2.24, 2.45) is 4.99 Å². The van der Waals surface area contributed by atoms with Gasteiger partial charge in [0.25, 0.3) is 5.91 Å². The number of nitrogens with one attached hydrogen (secondary N) is 1. The van der Waals surface area contributed by atoms with Crippen LogP contribution in [0.15, 0.2) is 89.9 Å². The molecule has 0 aromatic heterocycles. The minimum absolute atomic E-state index is 0.0518. The quantitative estimate of drug-likeness (QED) is 0.713. The number of aliphatic imine (C=N–C) groups is 1. The summed E-state index contributed by atoms with van der Waals surface area (Å²) in [7, 11) is 0. The van der Waals surface area contributed by atoms with E-state index in [-0.39, 0.29) is 6.54 Å². The number of hydrogen-bond acceptors (Lipinski definition) is 3. The average molecular weight is 385 g/mol. The molecular formula is C23H19N3O3. The van der Waals surface area contributed by atoms with Crippen molar-refractivity contribution in [1.29, 1.82) is 0 Å². The Morgan fingerprint density at radius 3 is 2.24 bits per heavy atom. The number of anilines is 1. The summed E-state index contributed by atoms with van der Waals surface area (Å²) in [6.07, 6.45) is -2.42. The van der Waals surface area contributed by atoms with E-state index in [4.69, 9.17) is 0 Å². The molecule has 1 atom stereocenters. The molecule has 0 radical (unpaired) electrons. The van der Waals surface area contributed by atoms with E-state index in [2.05, 4.69) is 10.3 Å². The lowest BCUT2D eigenvalue weighted by Gasteiger charge is -2.25. The normalized spacial score (nSPS) is 15.5. The maximum Gasteiger partial charge on any atom is 0.409 e. The highest BCUT2D eigenvalue weighted by molar-refractivity contribution is 6.19. The van der Waals surface area contributed by atoms with Crippen molar-refractivity contribution in [3.05, 3.63) is 102 Å². The van der Waals surface area contributed by atoms with Crippen LogP contribution < -0.4 is 5.32 Å². The van der Waals surface area contributed by atoms with Crippen molar-refractivity contribution < 1.29 is 14.7 Å². The Morgan fingerprint density at radius 1 is 0.931 bits per heavy atom. The van der Waals surface area contributed by atoms with Gasteiger partial charge in [-0.25, -0.2) is 9.79 Å². The SMILES string of the molecule is O=C1Nc2ccccc2C(c2ccccc2)=NC1N(Cc1ccccc1)C(=O)O. The zero-order valence-corrected chi connectivity index (χ0v) is 15.5. The summed E-state index contributed by atoms with van der Waals surface area (Å²) in [6.45, 7) is 0.0518. The van der Waals surface area contributed by atoms with Crippen LogP contribution in [0.4, 0.5) is 10.5 Å². The van der Waals surface area contributed by atoms with Crippen molar-refractivity contribution in [2.75, 3.05) is 5.32 Å². The van der Waals surface area contributed by atoms with Crippen molar-refractivity contribution in [3.8, 4) is 0 Å². The van der Waals surface area contributed by atoms with Crippen LogP contribution >= 0.6 is 0 Å². The maximum absolute atomic E-state index is 13.0. The Bertz CT molecular complexity index is 1060. The zero-order valence-electron chi connectivity index (χ0n) is 15.5. The summed E-state index contributed by atoms with van der Waals surface area (Å²) < 4.78 is 0. The molecule has 3 aromatic rings. The first kappa shape index (κ1) is 18.4. The number of hydrogen-bond donors (Lipinski definition) is 2. The van der Waals surface area contributed by atoms with Crippen LogP contribution in [0.2, 0.25) is 0 Å². The van der Waals surface area contributed by atoms with Gasteiger partial charge in [-0.2, -0.15) is 0 Å². The van der Waals surface area contributed by atoms with E-state index in [0.717, 1.165) is 21.6 Å². The van der Waals surface area contributed by atoms with Crippen molar-refractivity contribution in [1.82, 2.24) is 4.90 Å². The highest BCUT2D eigenvalue weighted by Gasteiger charge is 2.33. The number of fused-ring (bicyclic) bond motifs is 1. The number of amides is 2. The van der Waals surface area contributed by atoms with Crippen LogP contribution in [0.25, 0.3) is 0 Å². The lowest BCUT2D eigenvalue weighted by atomic mass is 10.0. The van der Waals surface area contributed by atoms with Crippen LogP contribution in [-0.2, 0) is 11.3 Å². The number of para-hydroxylation sites is 1. The van der Waals surface area contributed by atoms with E-state index in [0.29, 0.717) is 11.4 Å². The van der Waals surface area contributed by atoms with E-state index >= 15 is 0 Å². The predicted molar refractivity (Wildman–Crippen MR) is 111 cm³/mol. The van der Waals surface area contributed by atoms with Crippen molar-refractivity contribution in [2.45, 2.75) is 12.7 Å². The third-order valence-corrected chi connectivity index (χ3v) is 4.71. The van der Waals surface area contributed by atoms with E-state index in [1.807, 2.05) is 78.9 Å². The molecule has 144 valence electrons. The van der Waals surface area contributed by atoms with Gasteiger partial charge < -0.3 is 10.4 Å². The molecule has 29 heavy (non-hydrogen) atoms. The highest BCUT2D eigenvalue weighted by Crippen LogP contribution is 2.25. The maximum atomic E-state index is 13.0. The molecule has 6 heteroatoms. The Kier molecular flexibility index (Phi) is 5.07. The predicted octanol–water partition coefficient (Wildman–Crippen LogP) is 3.98. The number of carbonyl (C=O) groups excluding carboxylic acids is 1. The summed E-state index contributed by atoms with van der Waals surface area (Å²) in [5, 5.41) is 12.7. The fraction of sp³-hybridized carbons (Fsp3) is 0.0870. The fourth-order valence-corrected chi connectivity index (χ4v) is 3.32. The Hall–Kier alpha value is -3.93. The number of benzene rings is 3. The lowest BCUT2D eigenvalue weighted by Crippen LogP contribution is -2.45. The molecule has 2 amide bonds. The van der Waals surface area contributed by atoms with E-state index < -0.39 is 18.2 Å². The molecular weight excluding hydrogens is 366 g/mol. The minimum atomic E-state index is -1.21. The van der Waals surface area contributed by atoms with Gasteiger partial charge in [0.2, 0.25) is 6.17 Å². The minimum Gasteiger partial charge on any atom is -0.465 e. The Balaban J connectivity index is 1.82. The average Bonchev–Trinajstić information content (AvgIpc) is 2.89. The molecule has 1 aliphatic rings. The standard InChI is InChI=1S/C23H19N3O3/c27-22-21(26(23(28)29)15-16-9-3-1-4-10-16)25-20(17-11-5-2-6-12-17)18-13-7-8-14-19(18)24-22/h1-14,21H,15H2,(H,24,27)(H,28,29). The smallest absolute Gasteiger partial charge is 0.409 e. The van der Waals surface area contributed by atoms with Crippen LogP contribution in [0, 0.1) is 0 Å². The monoisotopic (exact) mass is 385 g/mol. The molecule has 1 unspecified atom stereocenters. The highest BCUT2D eigenvalue weighted by atomic mass is 16.4. The molecule has 2 N–H and O–H groups in total. The second-order valence-corrected chi connectivity index (χ2v) is 6.65. The molecule has 3 aromatic carbocycles. The summed E-state index contributed by atoms with van der Waals surface area (Å²) in [5.74, 6) is -0.485. The molecule has 0 bridgehead atoms. The largest absolute Gasteiger partial charge is 0.465 e. The molecule has 0 fully saturated rings. The van der Waals surface area contributed by atoms with Crippen LogP contribution in [0.1, 0.15) is 16.7 Å². The third-order valence-electron chi connectivity index (χ3n) is 4.71. The van der Waals surface area contributed by atoms with E-state index in [9.17, 15) is 14.7 Å². The van der Waals surface area contributed by atoms with E-state index in [1.54, 1.807) is 6.07 Å². The van der Waals surface area contributed by atoms with Gasteiger partial charge in [-0.15, -0.1) is 0 Å². The molecule has 4 rings (SSSR count). The fourth-order valence-electron chi connectivity index (χ4n) is 3.32. The third kappa shape index (κ3) is 3.87. The second kappa shape index (κ2) is 7.98. The number of nitrogens with zero attached hydrogens (tertiary/aromatic N) is 2. The summed E-state index contributed by atoms with van der Waals surface area (Å²) in [4.78, 5) is 30.7. The first-order chi connectivity index (χ1) is 14.1. The first-order valence-electron chi connectivity index (χ1n) is 9.20. The van der Waals surface area contributed by atoms with Crippen LogP contribution in [0.5, 0.6) is 0 Å². The molecule has 0 saturated carbocycles. The Labute approximate surface area is 168 Å². The number of benzodiazepines with no additional fused rings is 1. The number of carboxylic acid groups (broad SMARTS) is 1. The van der Waals surface area contributed by atoms with Crippen LogP contribution in [-0.4, -0.2) is 33.9 Å².